The summed E-state index contributed by atoms with van der Waals surface area (Å²) < 4.78 is 0. The van der Waals surface area contributed by atoms with E-state index in [9.17, 15) is 4.79 Å². The monoisotopic (exact) mass is 229 g/mol. The number of aromatic amines is 1. The molecule has 0 bridgehead atoms. The van der Waals surface area contributed by atoms with Crippen LogP contribution in [-0.2, 0) is 11.3 Å². The molecule has 0 spiro atoms. The zero-order valence-electron chi connectivity index (χ0n) is 9.95. The molecule has 1 aromatic carbocycles. The van der Waals surface area contributed by atoms with Gasteiger partial charge in [0.15, 0.2) is 0 Å². The van der Waals surface area contributed by atoms with E-state index in [2.05, 4.69) is 15.3 Å². The van der Waals surface area contributed by atoms with E-state index in [0.29, 0.717) is 6.54 Å². The van der Waals surface area contributed by atoms with Crippen LogP contribution in [-0.4, -0.2) is 15.9 Å². The van der Waals surface area contributed by atoms with Crippen molar-refractivity contribution in [3.05, 3.63) is 41.9 Å². The Labute approximate surface area is 100 Å². The molecule has 0 radical (unpaired) electrons. The maximum Gasteiger partial charge on any atom is 0.217 e. The first-order valence-corrected chi connectivity index (χ1v) is 5.50. The van der Waals surface area contributed by atoms with Crippen LogP contribution < -0.4 is 5.32 Å². The van der Waals surface area contributed by atoms with Crippen LogP contribution in [0.4, 0.5) is 0 Å². The van der Waals surface area contributed by atoms with Crippen molar-refractivity contribution in [3.63, 3.8) is 0 Å². The highest BCUT2D eigenvalue weighted by Crippen LogP contribution is 2.17. The van der Waals surface area contributed by atoms with Crippen molar-refractivity contribution in [2.45, 2.75) is 20.4 Å². The fourth-order valence-electron chi connectivity index (χ4n) is 1.60. The molecule has 2 rings (SSSR count). The number of hydrogen-bond donors (Lipinski definition) is 2. The van der Waals surface area contributed by atoms with Gasteiger partial charge in [0.1, 0.15) is 5.82 Å². The Morgan fingerprint density at radius 3 is 2.59 bits per heavy atom. The van der Waals surface area contributed by atoms with Gasteiger partial charge in [-0.1, -0.05) is 24.3 Å². The molecule has 0 aliphatic carbocycles. The molecule has 0 atom stereocenters. The smallest absolute Gasteiger partial charge is 0.217 e. The number of carbonyl (C=O) groups is 1. The van der Waals surface area contributed by atoms with Crippen LogP contribution in [0.5, 0.6) is 0 Å². The Bertz CT molecular complexity index is 514. The predicted molar refractivity (Wildman–Crippen MR) is 66.3 cm³/mol. The summed E-state index contributed by atoms with van der Waals surface area (Å²) in [6.45, 7) is 4.01. The Morgan fingerprint density at radius 1 is 1.35 bits per heavy atom. The fourth-order valence-corrected chi connectivity index (χ4v) is 1.60. The number of H-pyrrole nitrogens is 1. The quantitative estimate of drug-likeness (QED) is 0.846. The van der Waals surface area contributed by atoms with Crippen LogP contribution in [0.2, 0.25) is 0 Å². The first-order valence-electron chi connectivity index (χ1n) is 5.50. The second-order valence-corrected chi connectivity index (χ2v) is 3.99. The second-order valence-electron chi connectivity index (χ2n) is 3.99. The molecule has 1 amide bonds. The number of benzene rings is 1. The van der Waals surface area contributed by atoms with Gasteiger partial charge in [0, 0.05) is 13.5 Å². The lowest BCUT2D eigenvalue weighted by atomic mass is 10.1. The average Bonchev–Trinajstić information content (AvgIpc) is 2.74. The number of aryl methyl sites for hydroxylation is 1. The molecule has 4 heteroatoms. The Hall–Kier alpha value is -2.10. The fraction of sp³-hybridized carbons (Fsp3) is 0.231. The largest absolute Gasteiger partial charge is 0.352 e. The average molecular weight is 229 g/mol. The van der Waals surface area contributed by atoms with Crippen molar-refractivity contribution in [3.8, 4) is 11.3 Å². The number of aromatic nitrogens is 2. The molecular weight excluding hydrogens is 214 g/mol. The highest BCUT2D eigenvalue weighted by atomic mass is 16.1. The second kappa shape index (κ2) is 4.82. The molecule has 2 N–H and O–H groups in total. The Kier molecular flexibility index (Phi) is 3.23. The molecule has 0 unspecified atom stereocenters. The first-order chi connectivity index (χ1) is 8.15. The van der Waals surface area contributed by atoms with Crippen LogP contribution in [0.1, 0.15) is 18.3 Å². The Morgan fingerprint density at radius 2 is 2.06 bits per heavy atom. The van der Waals surface area contributed by atoms with E-state index in [4.69, 9.17) is 0 Å². The maximum atomic E-state index is 10.8. The highest BCUT2D eigenvalue weighted by Gasteiger charge is 2.01. The predicted octanol–water partition coefficient (Wildman–Crippen LogP) is 2.02. The van der Waals surface area contributed by atoms with E-state index in [1.54, 1.807) is 0 Å². The van der Waals surface area contributed by atoms with Gasteiger partial charge in [-0.05, 0) is 18.1 Å². The summed E-state index contributed by atoms with van der Waals surface area (Å²) in [6.07, 6.45) is 1.82. The van der Waals surface area contributed by atoms with Crippen molar-refractivity contribution in [1.82, 2.24) is 15.3 Å². The summed E-state index contributed by atoms with van der Waals surface area (Å²) in [4.78, 5) is 18.1. The van der Waals surface area contributed by atoms with E-state index >= 15 is 0 Å². The van der Waals surface area contributed by atoms with Crippen LogP contribution in [0.25, 0.3) is 11.3 Å². The number of rotatable bonds is 3. The van der Waals surface area contributed by atoms with Crippen molar-refractivity contribution in [2.75, 3.05) is 0 Å². The van der Waals surface area contributed by atoms with Crippen LogP contribution in [0.3, 0.4) is 0 Å². The van der Waals surface area contributed by atoms with Crippen LogP contribution >= 0.6 is 0 Å². The van der Waals surface area contributed by atoms with Gasteiger partial charge in [-0.3, -0.25) is 4.79 Å². The summed E-state index contributed by atoms with van der Waals surface area (Å²) in [5.74, 6) is 0.889. The molecule has 1 aromatic heterocycles. The first kappa shape index (κ1) is 11.4. The minimum absolute atomic E-state index is 0.0155. The van der Waals surface area contributed by atoms with E-state index < -0.39 is 0 Å². The van der Waals surface area contributed by atoms with Gasteiger partial charge in [0.25, 0.3) is 0 Å². The molecular formula is C13H15N3O. The van der Waals surface area contributed by atoms with E-state index in [0.717, 1.165) is 22.6 Å². The van der Waals surface area contributed by atoms with E-state index in [1.165, 1.54) is 6.92 Å². The number of imidazole rings is 1. The zero-order valence-corrected chi connectivity index (χ0v) is 9.95. The number of nitrogens with one attached hydrogen (secondary N) is 2. The minimum Gasteiger partial charge on any atom is -0.352 e. The lowest BCUT2D eigenvalue weighted by Crippen LogP contribution is -2.18. The van der Waals surface area contributed by atoms with Gasteiger partial charge in [-0.15, -0.1) is 0 Å². The maximum absolute atomic E-state index is 10.8. The molecule has 0 saturated heterocycles. The topological polar surface area (TPSA) is 57.8 Å². The number of carbonyl (C=O) groups excluding carboxylic acids is 1. The summed E-state index contributed by atoms with van der Waals surface area (Å²) in [5.41, 5.74) is 3.19. The van der Waals surface area contributed by atoms with Crippen molar-refractivity contribution >= 4 is 5.91 Å². The highest BCUT2D eigenvalue weighted by molar-refractivity contribution is 5.72. The molecule has 88 valence electrons. The molecule has 0 saturated carbocycles. The lowest BCUT2D eigenvalue weighted by Gasteiger charge is -2.03. The molecule has 1 heterocycles. The number of nitrogens with zero attached hydrogens (tertiary/aromatic N) is 1. The summed E-state index contributed by atoms with van der Waals surface area (Å²) in [6, 6.07) is 8.04. The molecule has 2 aromatic rings. The van der Waals surface area contributed by atoms with Gasteiger partial charge >= 0.3 is 0 Å². The third-order valence-corrected chi connectivity index (χ3v) is 2.51. The van der Waals surface area contributed by atoms with E-state index in [-0.39, 0.29) is 5.91 Å². The van der Waals surface area contributed by atoms with Gasteiger partial charge in [-0.2, -0.15) is 0 Å². The van der Waals surface area contributed by atoms with Crippen LogP contribution in [0, 0.1) is 6.92 Å². The third-order valence-electron chi connectivity index (χ3n) is 2.51. The lowest BCUT2D eigenvalue weighted by molar-refractivity contribution is -0.119. The van der Waals surface area contributed by atoms with Gasteiger partial charge in [0.05, 0.1) is 11.9 Å². The van der Waals surface area contributed by atoms with Gasteiger partial charge in [-0.25, -0.2) is 4.98 Å². The van der Waals surface area contributed by atoms with Crippen LogP contribution in [0.15, 0.2) is 30.5 Å². The normalized spacial score (nSPS) is 10.2. The summed E-state index contributed by atoms with van der Waals surface area (Å²) in [7, 11) is 0. The minimum atomic E-state index is -0.0155. The van der Waals surface area contributed by atoms with E-state index in [1.807, 2.05) is 37.4 Å². The van der Waals surface area contributed by atoms with Crippen molar-refractivity contribution < 1.29 is 4.79 Å². The van der Waals surface area contributed by atoms with Crippen molar-refractivity contribution in [1.29, 1.82) is 0 Å². The van der Waals surface area contributed by atoms with Crippen molar-refractivity contribution in [2.24, 2.45) is 0 Å². The Balaban J connectivity index is 2.10. The molecule has 0 aliphatic heterocycles. The molecule has 0 aliphatic rings. The standard InChI is InChI=1S/C13H15N3O/c1-9-14-8-13(16-9)12-5-3-11(4-6-12)7-15-10(2)17/h3-6,8H,7H2,1-2H3,(H,14,16)(H,15,17). The number of hydrogen-bond acceptors (Lipinski definition) is 2. The van der Waals surface area contributed by atoms with Gasteiger partial charge < -0.3 is 10.3 Å². The summed E-state index contributed by atoms with van der Waals surface area (Å²) >= 11 is 0. The molecule has 17 heavy (non-hydrogen) atoms. The molecule has 0 fully saturated rings. The SMILES string of the molecule is CC(=O)NCc1ccc(-c2cnc(C)[nH]2)cc1. The summed E-state index contributed by atoms with van der Waals surface area (Å²) in [5, 5.41) is 2.77. The number of amides is 1. The zero-order chi connectivity index (χ0) is 12.3. The third kappa shape index (κ3) is 2.93. The van der Waals surface area contributed by atoms with Gasteiger partial charge in [0.2, 0.25) is 5.91 Å². The molecule has 4 nitrogen and oxygen atoms in total.